The maximum absolute atomic E-state index is 6.38. The van der Waals surface area contributed by atoms with Gasteiger partial charge in [0.2, 0.25) is 11.8 Å². The van der Waals surface area contributed by atoms with E-state index < -0.39 is 0 Å². The summed E-state index contributed by atoms with van der Waals surface area (Å²) in [4.78, 5) is 13.1. The van der Waals surface area contributed by atoms with Crippen LogP contribution in [0.2, 0.25) is 0 Å². The number of aromatic nitrogens is 2. The van der Waals surface area contributed by atoms with Gasteiger partial charge in [-0.2, -0.15) is 4.98 Å². The number of hydrogen-bond acceptors (Lipinski definition) is 6. The topological polar surface area (TPSA) is 50.3 Å². The highest BCUT2D eigenvalue weighted by molar-refractivity contribution is 8.00. The van der Waals surface area contributed by atoms with Crippen molar-refractivity contribution in [1.82, 2.24) is 9.97 Å². The Hall–Kier alpha value is -2.73. The minimum atomic E-state index is 0.236. The number of rotatable bonds is 4. The summed E-state index contributed by atoms with van der Waals surface area (Å²) >= 11 is 1.53. The fourth-order valence-electron chi connectivity index (χ4n) is 4.62. The molecule has 0 radical (unpaired) electrons. The molecule has 1 aliphatic rings. The van der Waals surface area contributed by atoms with Crippen molar-refractivity contribution in [3.05, 3.63) is 59.7 Å². The molecule has 6 heteroatoms. The highest BCUT2D eigenvalue weighted by Crippen LogP contribution is 2.33. The Morgan fingerprint density at radius 2 is 1.76 bits per heavy atom. The molecule has 4 rings (SSSR count). The van der Waals surface area contributed by atoms with Gasteiger partial charge in [-0.25, -0.2) is 4.98 Å². The SMILES string of the molecule is Cc1cccc(C)c1-c1cc2nc(n1)NSc1cccc(c1)N(C(C)C)C(CC(C)C)CO2. The van der Waals surface area contributed by atoms with Gasteiger partial charge in [0.25, 0.3) is 0 Å². The van der Waals surface area contributed by atoms with Crippen molar-refractivity contribution in [2.45, 2.75) is 64.9 Å². The number of nitrogens with zero attached hydrogens (tertiary/aromatic N) is 3. The van der Waals surface area contributed by atoms with Crippen LogP contribution in [-0.2, 0) is 0 Å². The Balaban J connectivity index is 1.79. The van der Waals surface area contributed by atoms with Crippen LogP contribution in [0.4, 0.5) is 11.6 Å². The lowest BCUT2D eigenvalue weighted by molar-refractivity contribution is 0.249. The van der Waals surface area contributed by atoms with E-state index in [4.69, 9.17) is 14.7 Å². The quantitative estimate of drug-likeness (QED) is 0.426. The molecule has 0 saturated heterocycles. The lowest BCUT2D eigenvalue weighted by Crippen LogP contribution is -2.45. The molecule has 174 valence electrons. The van der Waals surface area contributed by atoms with E-state index in [1.165, 1.54) is 28.8 Å². The summed E-state index contributed by atoms with van der Waals surface area (Å²) in [6.45, 7) is 13.8. The van der Waals surface area contributed by atoms with Gasteiger partial charge in [0.15, 0.2) is 0 Å². The summed E-state index contributed by atoms with van der Waals surface area (Å²) in [5.41, 5.74) is 5.61. The highest BCUT2D eigenvalue weighted by atomic mass is 32.2. The number of hydrogen-bond donors (Lipinski definition) is 1. The Labute approximate surface area is 202 Å². The zero-order valence-electron chi connectivity index (χ0n) is 20.4. The summed E-state index contributed by atoms with van der Waals surface area (Å²) in [5.74, 6) is 1.72. The molecule has 0 saturated carbocycles. The molecule has 5 nitrogen and oxygen atoms in total. The van der Waals surface area contributed by atoms with E-state index in [0.29, 0.717) is 30.4 Å². The molecular formula is C27H34N4OS. The predicted octanol–water partition coefficient (Wildman–Crippen LogP) is 6.90. The molecule has 33 heavy (non-hydrogen) atoms. The van der Waals surface area contributed by atoms with Crippen molar-refractivity contribution in [2.75, 3.05) is 16.2 Å². The molecule has 0 amide bonds. The van der Waals surface area contributed by atoms with Crippen LogP contribution in [0.5, 0.6) is 5.88 Å². The second kappa shape index (κ2) is 10.0. The largest absolute Gasteiger partial charge is 0.475 e. The average molecular weight is 463 g/mol. The summed E-state index contributed by atoms with van der Waals surface area (Å²) in [6, 6.07) is 17.6. The van der Waals surface area contributed by atoms with Crippen LogP contribution in [0.1, 0.15) is 45.2 Å². The standard InChI is InChI=1S/C27H34N4OS/c1-17(2)13-22-16-32-25-15-24(26-19(5)9-7-10-20(26)6)28-27(29-25)30-33-23-12-8-11-21(14-23)31(22)18(3)4/h7-12,14-15,17-18,22H,13,16H2,1-6H3,(H,28,29,30). The van der Waals surface area contributed by atoms with Crippen molar-refractivity contribution in [3.8, 4) is 17.1 Å². The lowest BCUT2D eigenvalue weighted by Gasteiger charge is -2.38. The van der Waals surface area contributed by atoms with Gasteiger partial charge in [-0.3, -0.25) is 4.72 Å². The first-order valence-electron chi connectivity index (χ1n) is 11.7. The smallest absolute Gasteiger partial charge is 0.237 e. The zero-order valence-corrected chi connectivity index (χ0v) is 21.2. The van der Waals surface area contributed by atoms with Gasteiger partial charge in [-0.1, -0.05) is 38.1 Å². The maximum Gasteiger partial charge on any atom is 0.237 e. The second-order valence-corrected chi connectivity index (χ2v) is 10.4. The van der Waals surface area contributed by atoms with Gasteiger partial charge < -0.3 is 9.64 Å². The summed E-state index contributed by atoms with van der Waals surface area (Å²) in [5, 5.41) is 0. The van der Waals surface area contributed by atoms with Crippen LogP contribution >= 0.6 is 11.9 Å². The summed E-state index contributed by atoms with van der Waals surface area (Å²) in [6.07, 6.45) is 1.04. The molecule has 1 atom stereocenters. The first kappa shape index (κ1) is 23.4. The van der Waals surface area contributed by atoms with Gasteiger partial charge >= 0.3 is 0 Å². The molecular weight excluding hydrogens is 428 g/mol. The Bertz CT molecular complexity index is 1090. The molecule has 3 aromatic rings. The molecule has 4 bridgehead atoms. The minimum Gasteiger partial charge on any atom is -0.475 e. The molecule has 1 aromatic heterocycles. The van der Waals surface area contributed by atoms with Gasteiger partial charge in [-0.05, 0) is 81.3 Å². The summed E-state index contributed by atoms with van der Waals surface area (Å²) < 4.78 is 9.73. The molecule has 0 spiro atoms. The van der Waals surface area contributed by atoms with Crippen molar-refractivity contribution >= 4 is 23.6 Å². The first-order valence-corrected chi connectivity index (χ1v) is 12.5. The molecule has 1 aliphatic heterocycles. The second-order valence-electron chi connectivity index (χ2n) is 9.48. The van der Waals surface area contributed by atoms with Gasteiger partial charge in [0, 0.05) is 28.3 Å². The van der Waals surface area contributed by atoms with Crippen LogP contribution in [0.15, 0.2) is 53.4 Å². The van der Waals surface area contributed by atoms with E-state index in [0.717, 1.165) is 22.6 Å². The third-order valence-corrected chi connectivity index (χ3v) is 6.71. The van der Waals surface area contributed by atoms with E-state index in [9.17, 15) is 0 Å². The Morgan fingerprint density at radius 3 is 2.45 bits per heavy atom. The van der Waals surface area contributed by atoms with E-state index in [1.807, 2.05) is 6.07 Å². The van der Waals surface area contributed by atoms with Crippen molar-refractivity contribution in [3.63, 3.8) is 0 Å². The average Bonchev–Trinajstić information content (AvgIpc) is 2.75. The van der Waals surface area contributed by atoms with Crippen molar-refractivity contribution in [2.24, 2.45) is 5.92 Å². The lowest BCUT2D eigenvalue weighted by atomic mass is 10.00. The van der Waals surface area contributed by atoms with Crippen LogP contribution < -0.4 is 14.4 Å². The van der Waals surface area contributed by atoms with E-state index in [-0.39, 0.29) is 6.04 Å². The van der Waals surface area contributed by atoms with Crippen LogP contribution in [0.25, 0.3) is 11.3 Å². The van der Waals surface area contributed by atoms with Gasteiger partial charge in [0.1, 0.15) is 6.61 Å². The maximum atomic E-state index is 6.38. The van der Waals surface area contributed by atoms with Crippen LogP contribution in [0.3, 0.4) is 0 Å². The molecule has 1 N–H and O–H groups in total. The molecule has 0 fully saturated rings. The third kappa shape index (κ3) is 5.44. The molecule has 1 unspecified atom stereocenters. The minimum absolute atomic E-state index is 0.236. The monoisotopic (exact) mass is 462 g/mol. The predicted molar refractivity (Wildman–Crippen MR) is 139 cm³/mol. The zero-order chi connectivity index (χ0) is 23.5. The van der Waals surface area contributed by atoms with Crippen LogP contribution in [-0.4, -0.2) is 28.7 Å². The Kier molecular flexibility index (Phi) is 7.13. The number of benzene rings is 2. The van der Waals surface area contributed by atoms with E-state index >= 15 is 0 Å². The number of anilines is 2. The molecule has 2 heterocycles. The number of aryl methyl sites for hydroxylation is 2. The fourth-order valence-corrected chi connectivity index (χ4v) is 5.25. The van der Waals surface area contributed by atoms with E-state index in [1.54, 1.807) is 0 Å². The fraction of sp³-hybridized carbons (Fsp3) is 0.407. The Morgan fingerprint density at radius 1 is 1.03 bits per heavy atom. The number of nitrogens with one attached hydrogen (secondary N) is 1. The third-order valence-electron chi connectivity index (χ3n) is 5.93. The van der Waals surface area contributed by atoms with Crippen molar-refractivity contribution < 1.29 is 4.74 Å². The molecule has 2 aromatic carbocycles. The normalized spacial score (nSPS) is 16.1. The van der Waals surface area contributed by atoms with E-state index in [2.05, 4.69) is 93.6 Å². The van der Waals surface area contributed by atoms with Gasteiger partial charge in [-0.15, -0.1) is 0 Å². The number of fused-ring (bicyclic) bond motifs is 4. The first-order chi connectivity index (χ1) is 15.8. The van der Waals surface area contributed by atoms with Crippen molar-refractivity contribution in [1.29, 1.82) is 0 Å². The van der Waals surface area contributed by atoms with Crippen LogP contribution in [0, 0.1) is 19.8 Å². The van der Waals surface area contributed by atoms with Gasteiger partial charge in [0.05, 0.1) is 11.7 Å². The highest BCUT2D eigenvalue weighted by Gasteiger charge is 2.25. The number of ether oxygens (including phenoxy) is 1. The summed E-state index contributed by atoms with van der Waals surface area (Å²) in [7, 11) is 0. The molecule has 0 aliphatic carbocycles.